The van der Waals surface area contributed by atoms with Gasteiger partial charge in [0.05, 0.1) is 0 Å². The van der Waals surface area contributed by atoms with Crippen LogP contribution < -0.4 is 0 Å². The molecule has 0 unspecified atom stereocenters. The Bertz CT molecular complexity index is 391. The smallest absolute Gasteiger partial charge is 0.140 e. The van der Waals surface area contributed by atoms with Crippen molar-refractivity contribution in [3.05, 3.63) is 35.7 Å². The van der Waals surface area contributed by atoms with Crippen molar-refractivity contribution in [3.8, 4) is 0 Å². The molecule has 0 N–H and O–H groups in total. The van der Waals surface area contributed by atoms with Crippen LogP contribution in [0.5, 0.6) is 0 Å². The molecule has 0 bridgehead atoms. The number of hydrogen-bond donors (Lipinski definition) is 0. The molecule has 0 aliphatic carbocycles. The number of amidine groups is 1. The van der Waals surface area contributed by atoms with Gasteiger partial charge < -0.3 is 4.90 Å². The van der Waals surface area contributed by atoms with Crippen molar-refractivity contribution in [2.75, 3.05) is 0 Å². The zero-order valence-corrected chi connectivity index (χ0v) is 11.9. The Kier molecular flexibility index (Phi) is 4.33. The van der Waals surface area contributed by atoms with Gasteiger partial charge in [0.25, 0.3) is 0 Å². The Morgan fingerprint density at radius 2 is 1.88 bits per heavy atom. The highest BCUT2D eigenvalue weighted by Gasteiger charge is 2.29. The van der Waals surface area contributed by atoms with E-state index < -0.39 is 0 Å². The van der Waals surface area contributed by atoms with Crippen LogP contribution in [-0.2, 0) is 0 Å². The fourth-order valence-electron chi connectivity index (χ4n) is 2.10. The molecule has 1 heterocycles. The quantitative estimate of drug-likeness (QED) is 0.714. The van der Waals surface area contributed by atoms with Crippen molar-refractivity contribution in [2.24, 2.45) is 10.9 Å². The van der Waals surface area contributed by atoms with E-state index in [9.17, 15) is 0 Å². The third kappa shape index (κ3) is 2.68. The third-order valence-electron chi connectivity index (χ3n) is 2.93. The first kappa shape index (κ1) is 13.8. The molecule has 0 spiro atoms. The Balaban J connectivity index is 3.35. The van der Waals surface area contributed by atoms with Gasteiger partial charge in [0, 0.05) is 24.0 Å². The Morgan fingerprint density at radius 3 is 2.24 bits per heavy atom. The monoisotopic (exact) mass is 232 g/mol. The first-order valence-electron chi connectivity index (χ1n) is 6.27. The summed E-state index contributed by atoms with van der Waals surface area (Å²) in [5, 5.41) is 0. The molecule has 1 aliphatic heterocycles. The summed E-state index contributed by atoms with van der Waals surface area (Å²) >= 11 is 0. The maximum Gasteiger partial charge on any atom is 0.140 e. The minimum atomic E-state index is 0.416. The molecule has 94 valence electrons. The minimum absolute atomic E-state index is 0.416. The molecule has 17 heavy (non-hydrogen) atoms. The van der Waals surface area contributed by atoms with Crippen LogP contribution in [0, 0.1) is 5.92 Å². The van der Waals surface area contributed by atoms with Crippen LogP contribution in [0.2, 0.25) is 0 Å². The molecular weight excluding hydrogens is 208 g/mol. The van der Waals surface area contributed by atoms with Crippen LogP contribution in [0.1, 0.15) is 41.5 Å². The van der Waals surface area contributed by atoms with Gasteiger partial charge in [-0.15, -0.1) is 0 Å². The highest BCUT2D eigenvalue weighted by molar-refractivity contribution is 6.06. The van der Waals surface area contributed by atoms with Gasteiger partial charge in [-0.05, 0) is 39.2 Å². The molecule has 2 nitrogen and oxygen atoms in total. The summed E-state index contributed by atoms with van der Waals surface area (Å²) in [7, 11) is 0. The number of aliphatic imine (C=N–C) groups is 1. The van der Waals surface area contributed by atoms with Gasteiger partial charge in [-0.2, -0.15) is 0 Å². The lowest BCUT2D eigenvalue weighted by Crippen LogP contribution is -2.29. The lowest BCUT2D eigenvalue weighted by atomic mass is 9.94. The Labute approximate surface area is 105 Å². The van der Waals surface area contributed by atoms with Gasteiger partial charge in [-0.25, -0.2) is 4.99 Å². The molecule has 0 aromatic heterocycles. The summed E-state index contributed by atoms with van der Waals surface area (Å²) in [6.45, 7) is 16.8. The molecule has 0 amide bonds. The van der Waals surface area contributed by atoms with E-state index in [0.717, 1.165) is 5.84 Å². The summed E-state index contributed by atoms with van der Waals surface area (Å²) in [6, 6.07) is 0.416. The van der Waals surface area contributed by atoms with E-state index in [1.807, 2.05) is 0 Å². The van der Waals surface area contributed by atoms with E-state index in [2.05, 4.69) is 64.2 Å². The van der Waals surface area contributed by atoms with Gasteiger partial charge in [0.2, 0.25) is 0 Å². The van der Waals surface area contributed by atoms with E-state index in [4.69, 9.17) is 0 Å². The van der Waals surface area contributed by atoms with Crippen molar-refractivity contribution in [1.29, 1.82) is 0 Å². The number of nitrogens with zero attached hydrogens (tertiary/aromatic N) is 2. The first-order chi connectivity index (χ1) is 7.90. The van der Waals surface area contributed by atoms with Gasteiger partial charge in [-0.1, -0.05) is 26.0 Å². The average Bonchev–Trinajstić information content (AvgIpc) is 2.57. The highest BCUT2D eigenvalue weighted by Crippen LogP contribution is 2.32. The first-order valence-corrected chi connectivity index (χ1v) is 6.27. The maximum atomic E-state index is 4.46. The minimum Gasteiger partial charge on any atom is -0.330 e. The van der Waals surface area contributed by atoms with Crippen LogP contribution in [-0.4, -0.2) is 16.8 Å². The van der Waals surface area contributed by atoms with Crippen molar-refractivity contribution in [3.63, 3.8) is 0 Å². The molecule has 0 saturated carbocycles. The van der Waals surface area contributed by atoms with Crippen LogP contribution in [0.3, 0.4) is 0 Å². The fraction of sp³-hybridized carbons (Fsp3) is 0.533. The van der Waals surface area contributed by atoms with Gasteiger partial charge in [0.1, 0.15) is 5.84 Å². The topological polar surface area (TPSA) is 15.6 Å². The molecule has 0 saturated heterocycles. The van der Waals surface area contributed by atoms with E-state index in [1.54, 1.807) is 6.20 Å². The van der Waals surface area contributed by atoms with Crippen molar-refractivity contribution >= 4 is 5.84 Å². The summed E-state index contributed by atoms with van der Waals surface area (Å²) in [5.41, 5.74) is 3.97. The number of rotatable bonds is 3. The van der Waals surface area contributed by atoms with Crippen LogP contribution in [0.25, 0.3) is 0 Å². The van der Waals surface area contributed by atoms with Crippen LogP contribution in [0.15, 0.2) is 40.7 Å². The molecule has 1 rings (SSSR count). The standard InChI is InChI=1S/C15H24N2/c1-8-16-15-14(11(4)5)13(10(2)3)9-17(15)12(6)7/h8-10,12H,1H2,2-7H3. The van der Waals surface area contributed by atoms with Crippen molar-refractivity contribution in [2.45, 2.75) is 47.6 Å². The maximum absolute atomic E-state index is 4.46. The zero-order chi connectivity index (χ0) is 13.2. The van der Waals surface area contributed by atoms with Gasteiger partial charge in [-0.3, -0.25) is 0 Å². The second kappa shape index (κ2) is 5.35. The number of hydrogen-bond acceptors (Lipinski definition) is 1. The SMILES string of the molecule is C=CN=C1C(=C(C)C)C(C(C)C)=CN1C(C)C. The fourth-order valence-corrected chi connectivity index (χ4v) is 2.10. The second-order valence-corrected chi connectivity index (χ2v) is 5.25. The molecule has 2 heteroatoms. The molecule has 0 aromatic carbocycles. The van der Waals surface area contributed by atoms with E-state index >= 15 is 0 Å². The molecular formula is C15H24N2. The summed E-state index contributed by atoms with van der Waals surface area (Å²) in [6.07, 6.45) is 3.87. The third-order valence-corrected chi connectivity index (χ3v) is 2.93. The predicted octanol–water partition coefficient (Wildman–Crippen LogP) is 4.13. The zero-order valence-electron chi connectivity index (χ0n) is 11.9. The summed E-state index contributed by atoms with van der Waals surface area (Å²) in [4.78, 5) is 6.69. The summed E-state index contributed by atoms with van der Waals surface area (Å²) < 4.78 is 0. The lowest BCUT2D eigenvalue weighted by Gasteiger charge is -2.22. The largest absolute Gasteiger partial charge is 0.330 e. The highest BCUT2D eigenvalue weighted by atomic mass is 15.2. The average molecular weight is 232 g/mol. The molecule has 0 atom stereocenters. The molecule has 0 fully saturated rings. The van der Waals surface area contributed by atoms with E-state index in [1.165, 1.54) is 16.7 Å². The van der Waals surface area contributed by atoms with Gasteiger partial charge in [0.15, 0.2) is 0 Å². The van der Waals surface area contributed by atoms with E-state index in [0.29, 0.717) is 12.0 Å². The lowest BCUT2D eigenvalue weighted by molar-refractivity contribution is 0.464. The molecule has 0 aromatic rings. The Hall–Kier alpha value is -1.31. The molecule has 0 radical (unpaired) electrons. The summed E-state index contributed by atoms with van der Waals surface area (Å²) in [5.74, 6) is 1.55. The van der Waals surface area contributed by atoms with Gasteiger partial charge >= 0.3 is 0 Å². The van der Waals surface area contributed by atoms with E-state index in [-0.39, 0.29) is 0 Å². The van der Waals surface area contributed by atoms with Crippen LogP contribution >= 0.6 is 0 Å². The van der Waals surface area contributed by atoms with Crippen molar-refractivity contribution < 1.29 is 0 Å². The predicted molar refractivity (Wildman–Crippen MR) is 75.9 cm³/mol. The number of allylic oxidation sites excluding steroid dienone is 1. The second-order valence-electron chi connectivity index (χ2n) is 5.25. The normalized spacial score (nSPS) is 18.4. The van der Waals surface area contributed by atoms with Crippen LogP contribution in [0.4, 0.5) is 0 Å². The molecule has 1 aliphatic rings. The Morgan fingerprint density at radius 1 is 1.29 bits per heavy atom. The van der Waals surface area contributed by atoms with Crippen molar-refractivity contribution in [1.82, 2.24) is 4.90 Å².